The van der Waals surface area contributed by atoms with E-state index >= 15 is 0 Å². The fourth-order valence-corrected chi connectivity index (χ4v) is 2.45. The highest BCUT2D eigenvalue weighted by atomic mass is 16.1. The van der Waals surface area contributed by atoms with Gasteiger partial charge in [0.15, 0.2) is 0 Å². The van der Waals surface area contributed by atoms with Gasteiger partial charge in [-0.3, -0.25) is 14.7 Å². The first-order chi connectivity index (χ1) is 11.5. The van der Waals surface area contributed by atoms with E-state index in [4.69, 9.17) is 0 Å². The Morgan fingerprint density at radius 2 is 2.00 bits per heavy atom. The number of pyridine rings is 1. The molecule has 1 aromatic heterocycles. The molecule has 2 aromatic rings. The zero-order valence-electron chi connectivity index (χ0n) is 14.7. The first-order valence-electron chi connectivity index (χ1n) is 7.89. The quantitative estimate of drug-likeness (QED) is 0.795. The second kappa shape index (κ2) is 7.64. The predicted octanol–water partition coefficient (Wildman–Crippen LogP) is 3.19. The van der Waals surface area contributed by atoms with Crippen LogP contribution in [0.2, 0.25) is 0 Å². The number of hydrogen-bond donors (Lipinski definition) is 1. The van der Waals surface area contributed by atoms with E-state index in [0.717, 1.165) is 35.6 Å². The van der Waals surface area contributed by atoms with Crippen molar-refractivity contribution >= 4 is 29.2 Å². The maximum atomic E-state index is 11.8. The monoisotopic (exact) mass is 324 g/mol. The van der Waals surface area contributed by atoms with Gasteiger partial charge >= 0.3 is 0 Å². The molecule has 1 aromatic carbocycles. The van der Waals surface area contributed by atoms with Crippen LogP contribution in [0.15, 0.2) is 43.1 Å². The molecule has 0 atom stereocenters. The molecule has 0 radical (unpaired) electrons. The van der Waals surface area contributed by atoms with Gasteiger partial charge in [0, 0.05) is 21.1 Å². The first-order valence-corrected chi connectivity index (χ1v) is 7.89. The van der Waals surface area contributed by atoms with Crippen molar-refractivity contribution in [2.24, 2.45) is 0 Å². The second-order valence-electron chi connectivity index (χ2n) is 5.68. The number of anilines is 3. The molecule has 2 rings (SSSR count). The van der Waals surface area contributed by atoms with Crippen LogP contribution in [0.3, 0.4) is 0 Å². The molecule has 126 valence electrons. The molecule has 5 nitrogen and oxygen atoms in total. The lowest BCUT2D eigenvalue weighted by Gasteiger charge is -2.25. The molecule has 0 saturated carbocycles. The van der Waals surface area contributed by atoms with Crippen LogP contribution in [-0.2, 0) is 11.2 Å². The Kier molecular flexibility index (Phi) is 5.58. The Morgan fingerprint density at radius 3 is 2.50 bits per heavy atom. The standard InChI is InChI=1S/C19H24N4O/c1-6-15-7-10-18(22(4)5)19(11-15)23(13-24)16-8-9-17(21-12-16)14(2)20-3/h7-13,20H,2,6H2,1,3-5H3. The molecule has 0 unspecified atom stereocenters. The Bertz CT molecular complexity index is 723. The number of amides is 1. The number of benzene rings is 1. The maximum Gasteiger partial charge on any atom is 0.218 e. The summed E-state index contributed by atoms with van der Waals surface area (Å²) in [6, 6.07) is 9.89. The molecule has 1 N–H and O–H groups in total. The van der Waals surface area contributed by atoms with Crippen LogP contribution >= 0.6 is 0 Å². The van der Waals surface area contributed by atoms with E-state index < -0.39 is 0 Å². The minimum atomic E-state index is 0.717. The summed E-state index contributed by atoms with van der Waals surface area (Å²) >= 11 is 0. The third-order valence-corrected chi connectivity index (χ3v) is 3.93. The van der Waals surface area contributed by atoms with Crippen molar-refractivity contribution in [2.45, 2.75) is 13.3 Å². The number of carbonyl (C=O) groups is 1. The molecule has 0 spiro atoms. The highest BCUT2D eigenvalue weighted by Crippen LogP contribution is 2.33. The first kappa shape index (κ1) is 17.5. The number of hydrogen-bond acceptors (Lipinski definition) is 4. The molecular weight excluding hydrogens is 300 g/mol. The lowest BCUT2D eigenvalue weighted by molar-refractivity contribution is -0.106. The summed E-state index contributed by atoms with van der Waals surface area (Å²) in [5, 5.41) is 2.97. The lowest BCUT2D eigenvalue weighted by atomic mass is 10.1. The summed E-state index contributed by atoms with van der Waals surface area (Å²) in [6.07, 6.45) is 3.42. The lowest BCUT2D eigenvalue weighted by Crippen LogP contribution is -2.20. The van der Waals surface area contributed by atoms with Crippen LogP contribution < -0.4 is 15.1 Å². The van der Waals surface area contributed by atoms with Crippen molar-refractivity contribution in [3.8, 4) is 0 Å². The topological polar surface area (TPSA) is 48.5 Å². The van der Waals surface area contributed by atoms with Crippen molar-refractivity contribution in [3.63, 3.8) is 0 Å². The molecule has 1 amide bonds. The van der Waals surface area contributed by atoms with Crippen LogP contribution in [0, 0.1) is 0 Å². The molecule has 0 aliphatic heterocycles. The van der Waals surface area contributed by atoms with E-state index in [-0.39, 0.29) is 0 Å². The van der Waals surface area contributed by atoms with Gasteiger partial charge in [-0.25, -0.2) is 0 Å². The molecule has 5 heteroatoms. The van der Waals surface area contributed by atoms with Crippen molar-refractivity contribution < 1.29 is 4.79 Å². The van der Waals surface area contributed by atoms with Gasteiger partial charge < -0.3 is 10.2 Å². The molecule has 0 saturated heterocycles. The Hall–Kier alpha value is -2.82. The van der Waals surface area contributed by atoms with E-state index in [1.54, 1.807) is 18.1 Å². The Labute approximate surface area is 143 Å². The van der Waals surface area contributed by atoms with Crippen LogP contribution in [0.25, 0.3) is 5.70 Å². The van der Waals surface area contributed by atoms with Gasteiger partial charge in [0.2, 0.25) is 6.41 Å². The van der Waals surface area contributed by atoms with Crippen molar-refractivity contribution in [1.29, 1.82) is 0 Å². The second-order valence-corrected chi connectivity index (χ2v) is 5.68. The van der Waals surface area contributed by atoms with Crippen LogP contribution in [0.4, 0.5) is 17.1 Å². The highest BCUT2D eigenvalue weighted by molar-refractivity contribution is 5.92. The van der Waals surface area contributed by atoms with Gasteiger partial charge in [-0.05, 0) is 36.2 Å². The number of nitrogens with one attached hydrogen (secondary N) is 1. The summed E-state index contributed by atoms with van der Waals surface area (Å²) in [5.41, 5.74) is 5.20. The van der Waals surface area contributed by atoms with Gasteiger partial charge in [-0.1, -0.05) is 19.6 Å². The molecule has 0 aliphatic carbocycles. The van der Waals surface area contributed by atoms with Crippen LogP contribution in [-0.4, -0.2) is 32.5 Å². The van der Waals surface area contributed by atoms with E-state index in [1.807, 2.05) is 43.3 Å². The van der Waals surface area contributed by atoms with Gasteiger partial charge in [0.1, 0.15) is 0 Å². The Balaban J connectivity index is 2.48. The van der Waals surface area contributed by atoms with Gasteiger partial charge in [0.05, 0.1) is 34.6 Å². The third kappa shape index (κ3) is 3.56. The average Bonchev–Trinajstić information content (AvgIpc) is 2.62. The molecular formula is C19H24N4O. The van der Waals surface area contributed by atoms with Crippen molar-refractivity contribution in [1.82, 2.24) is 10.3 Å². The molecule has 0 bridgehead atoms. The zero-order chi connectivity index (χ0) is 17.7. The average molecular weight is 324 g/mol. The van der Waals surface area contributed by atoms with Gasteiger partial charge in [-0.2, -0.15) is 0 Å². The third-order valence-electron chi connectivity index (χ3n) is 3.93. The van der Waals surface area contributed by atoms with Crippen molar-refractivity contribution in [2.75, 3.05) is 30.9 Å². The minimum absolute atomic E-state index is 0.717. The number of nitrogens with zero attached hydrogens (tertiary/aromatic N) is 3. The largest absolute Gasteiger partial charge is 0.387 e. The smallest absolute Gasteiger partial charge is 0.218 e. The molecule has 0 aliphatic rings. The normalized spacial score (nSPS) is 10.2. The molecule has 1 heterocycles. The number of carbonyl (C=O) groups excluding carboxylic acids is 1. The van der Waals surface area contributed by atoms with Gasteiger partial charge in [-0.15, -0.1) is 0 Å². The van der Waals surface area contributed by atoms with E-state index in [0.29, 0.717) is 5.69 Å². The highest BCUT2D eigenvalue weighted by Gasteiger charge is 2.15. The SMILES string of the molecule is C=C(NC)c1ccc(N(C=O)c2cc(CC)ccc2N(C)C)cn1. The minimum Gasteiger partial charge on any atom is -0.387 e. The van der Waals surface area contributed by atoms with E-state index in [2.05, 4.69) is 29.9 Å². The van der Waals surface area contributed by atoms with Crippen LogP contribution in [0.5, 0.6) is 0 Å². The zero-order valence-corrected chi connectivity index (χ0v) is 14.7. The number of aryl methyl sites for hydroxylation is 1. The summed E-state index contributed by atoms with van der Waals surface area (Å²) in [5.74, 6) is 0. The fraction of sp³-hybridized carbons (Fsp3) is 0.263. The summed E-state index contributed by atoms with van der Waals surface area (Å²) < 4.78 is 0. The Morgan fingerprint density at radius 1 is 1.25 bits per heavy atom. The fourth-order valence-electron chi connectivity index (χ4n) is 2.45. The van der Waals surface area contributed by atoms with Crippen molar-refractivity contribution in [3.05, 3.63) is 54.4 Å². The summed E-state index contributed by atoms with van der Waals surface area (Å²) in [4.78, 5) is 19.8. The molecule has 24 heavy (non-hydrogen) atoms. The van der Waals surface area contributed by atoms with Crippen LogP contribution in [0.1, 0.15) is 18.2 Å². The summed E-state index contributed by atoms with van der Waals surface area (Å²) in [6.45, 7) is 5.99. The maximum absolute atomic E-state index is 11.8. The van der Waals surface area contributed by atoms with E-state index in [1.165, 1.54) is 5.56 Å². The molecule has 0 fully saturated rings. The number of aromatic nitrogens is 1. The number of rotatable bonds is 7. The predicted molar refractivity (Wildman–Crippen MR) is 101 cm³/mol. The summed E-state index contributed by atoms with van der Waals surface area (Å²) in [7, 11) is 5.73. The van der Waals surface area contributed by atoms with E-state index in [9.17, 15) is 4.79 Å². The van der Waals surface area contributed by atoms with Gasteiger partial charge in [0.25, 0.3) is 0 Å².